The molecule has 0 bridgehead atoms. The van der Waals surface area contributed by atoms with E-state index in [0.717, 1.165) is 5.56 Å². The molecule has 2 aromatic carbocycles. The van der Waals surface area contributed by atoms with Crippen molar-refractivity contribution in [2.75, 3.05) is 7.11 Å². The average Bonchev–Trinajstić information content (AvgIpc) is 2.91. The third-order valence-electron chi connectivity index (χ3n) is 4.26. The van der Waals surface area contributed by atoms with Gasteiger partial charge in [0, 0.05) is 7.11 Å². The number of nitrogens with two attached hydrogens (primary N) is 1. The van der Waals surface area contributed by atoms with Crippen molar-refractivity contribution in [2.45, 2.75) is 24.6 Å². The number of rotatable bonds is 4. The molecule has 3 N–H and O–H groups in total. The first kappa shape index (κ1) is 15.6. The molecule has 4 nitrogen and oxygen atoms in total. The Kier molecular flexibility index (Phi) is 4.41. The molecule has 0 saturated carbocycles. The van der Waals surface area contributed by atoms with Crippen molar-refractivity contribution < 1.29 is 13.9 Å². The summed E-state index contributed by atoms with van der Waals surface area (Å²) >= 11 is 0. The molecule has 0 aromatic heterocycles. The molecule has 1 amide bonds. The van der Waals surface area contributed by atoms with Crippen LogP contribution in [0, 0.1) is 5.82 Å². The van der Waals surface area contributed by atoms with E-state index in [4.69, 9.17) is 10.5 Å². The highest BCUT2D eigenvalue weighted by atomic mass is 19.1. The highest BCUT2D eigenvalue weighted by molar-refractivity contribution is 5.83. The Bertz CT molecular complexity index is 702. The van der Waals surface area contributed by atoms with E-state index in [0.29, 0.717) is 12.0 Å². The molecule has 1 aliphatic rings. The fourth-order valence-electron chi connectivity index (χ4n) is 3.07. The summed E-state index contributed by atoms with van der Waals surface area (Å²) in [5.41, 5.74) is 8.82. The summed E-state index contributed by atoms with van der Waals surface area (Å²) in [7, 11) is 1.63. The fraction of sp³-hybridized carbons (Fsp3) is 0.278. The minimum Gasteiger partial charge on any atom is -0.375 e. The SMILES string of the molecule is CO[C@H]1c2ccccc2C[C@@H]1NC(=O)[C@@H](N)c1ccc(F)cc1. The Labute approximate surface area is 134 Å². The van der Waals surface area contributed by atoms with Crippen LogP contribution in [0.3, 0.4) is 0 Å². The standard InChI is InChI=1S/C18H19FN2O2/c1-23-17-14-5-3-2-4-12(14)10-15(17)21-18(22)16(20)11-6-8-13(19)9-7-11/h2-9,15-17H,10,20H2,1H3,(H,21,22)/t15-,16-,17-/m0/s1. The van der Waals surface area contributed by atoms with E-state index < -0.39 is 6.04 Å². The Hall–Kier alpha value is -2.24. The second-order valence-corrected chi connectivity index (χ2v) is 5.70. The van der Waals surface area contributed by atoms with E-state index in [1.807, 2.05) is 24.3 Å². The third kappa shape index (κ3) is 3.11. The fourth-order valence-corrected chi connectivity index (χ4v) is 3.07. The summed E-state index contributed by atoms with van der Waals surface area (Å²) in [5, 5.41) is 2.96. The predicted octanol–water partition coefficient (Wildman–Crippen LogP) is 2.25. The molecule has 3 atom stereocenters. The van der Waals surface area contributed by atoms with Crippen molar-refractivity contribution in [3.8, 4) is 0 Å². The zero-order valence-electron chi connectivity index (χ0n) is 12.8. The van der Waals surface area contributed by atoms with Crippen molar-refractivity contribution >= 4 is 5.91 Å². The molecular weight excluding hydrogens is 295 g/mol. The van der Waals surface area contributed by atoms with Crippen LogP contribution in [0.5, 0.6) is 0 Å². The maximum Gasteiger partial charge on any atom is 0.241 e. The lowest BCUT2D eigenvalue weighted by atomic mass is 10.1. The minimum atomic E-state index is -0.836. The predicted molar refractivity (Wildman–Crippen MR) is 85.2 cm³/mol. The number of nitrogens with one attached hydrogen (secondary N) is 1. The number of amides is 1. The van der Waals surface area contributed by atoms with Gasteiger partial charge in [0.15, 0.2) is 0 Å². The number of fused-ring (bicyclic) bond motifs is 1. The van der Waals surface area contributed by atoms with Crippen LogP contribution in [-0.4, -0.2) is 19.1 Å². The van der Waals surface area contributed by atoms with Gasteiger partial charge in [-0.2, -0.15) is 0 Å². The van der Waals surface area contributed by atoms with Crippen molar-refractivity contribution in [3.05, 3.63) is 71.0 Å². The molecule has 5 heteroatoms. The van der Waals surface area contributed by atoms with Crippen LogP contribution in [0.15, 0.2) is 48.5 Å². The van der Waals surface area contributed by atoms with Crippen LogP contribution in [0.4, 0.5) is 4.39 Å². The van der Waals surface area contributed by atoms with Gasteiger partial charge in [-0.1, -0.05) is 36.4 Å². The van der Waals surface area contributed by atoms with Crippen molar-refractivity contribution in [2.24, 2.45) is 5.73 Å². The molecule has 2 aromatic rings. The second kappa shape index (κ2) is 6.48. The Balaban J connectivity index is 1.72. The molecule has 23 heavy (non-hydrogen) atoms. The Morgan fingerprint density at radius 1 is 1.26 bits per heavy atom. The normalized spacial score (nSPS) is 20.8. The molecule has 0 heterocycles. The number of carbonyl (C=O) groups excluding carboxylic acids is 1. The van der Waals surface area contributed by atoms with Crippen LogP contribution < -0.4 is 11.1 Å². The van der Waals surface area contributed by atoms with Gasteiger partial charge in [0.2, 0.25) is 5.91 Å². The van der Waals surface area contributed by atoms with Gasteiger partial charge in [-0.3, -0.25) is 4.79 Å². The molecular formula is C18H19FN2O2. The maximum absolute atomic E-state index is 13.0. The summed E-state index contributed by atoms with van der Waals surface area (Å²) in [6, 6.07) is 12.6. The third-order valence-corrected chi connectivity index (χ3v) is 4.26. The zero-order chi connectivity index (χ0) is 16.4. The number of halogens is 1. The summed E-state index contributed by atoms with van der Waals surface area (Å²) in [5.74, 6) is -0.650. The number of benzene rings is 2. The summed E-state index contributed by atoms with van der Waals surface area (Å²) in [6.45, 7) is 0. The van der Waals surface area contributed by atoms with Gasteiger partial charge in [0.05, 0.1) is 6.04 Å². The molecule has 120 valence electrons. The summed E-state index contributed by atoms with van der Waals surface area (Å²) < 4.78 is 18.5. The molecule has 0 fully saturated rings. The molecule has 0 spiro atoms. The quantitative estimate of drug-likeness (QED) is 0.910. The van der Waals surface area contributed by atoms with E-state index >= 15 is 0 Å². The number of carbonyl (C=O) groups is 1. The second-order valence-electron chi connectivity index (χ2n) is 5.70. The lowest BCUT2D eigenvalue weighted by Gasteiger charge is -2.22. The molecule has 0 radical (unpaired) electrons. The lowest BCUT2D eigenvalue weighted by Crippen LogP contribution is -2.43. The van der Waals surface area contributed by atoms with Gasteiger partial charge in [-0.05, 0) is 35.2 Å². The van der Waals surface area contributed by atoms with Crippen LogP contribution in [0.2, 0.25) is 0 Å². The van der Waals surface area contributed by atoms with Gasteiger partial charge in [0.1, 0.15) is 18.0 Å². The van der Waals surface area contributed by atoms with Gasteiger partial charge in [-0.25, -0.2) is 4.39 Å². The lowest BCUT2D eigenvalue weighted by molar-refractivity contribution is -0.124. The monoisotopic (exact) mass is 314 g/mol. The summed E-state index contributed by atoms with van der Waals surface area (Å²) in [6.07, 6.45) is 0.520. The molecule has 1 aliphatic carbocycles. The van der Waals surface area contributed by atoms with E-state index in [-0.39, 0.29) is 23.9 Å². The number of ether oxygens (including phenoxy) is 1. The Morgan fingerprint density at radius 2 is 1.96 bits per heavy atom. The molecule has 0 aliphatic heterocycles. The van der Waals surface area contributed by atoms with Crippen LogP contribution >= 0.6 is 0 Å². The maximum atomic E-state index is 13.0. The highest BCUT2D eigenvalue weighted by Gasteiger charge is 2.34. The topological polar surface area (TPSA) is 64.3 Å². The smallest absolute Gasteiger partial charge is 0.241 e. The van der Waals surface area contributed by atoms with Crippen LogP contribution in [0.25, 0.3) is 0 Å². The molecule has 3 rings (SSSR count). The largest absolute Gasteiger partial charge is 0.375 e. The van der Waals surface area contributed by atoms with Crippen LogP contribution in [0.1, 0.15) is 28.8 Å². The van der Waals surface area contributed by atoms with Gasteiger partial charge in [-0.15, -0.1) is 0 Å². The number of hydrogen-bond donors (Lipinski definition) is 2. The van der Waals surface area contributed by atoms with Crippen molar-refractivity contribution in [3.63, 3.8) is 0 Å². The van der Waals surface area contributed by atoms with E-state index in [1.54, 1.807) is 7.11 Å². The van der Waals surface area contributed by atoms with E-state index in [9.17, 15) is 9.18 Å². The van der Waals surface area contributed by atoms with Gasteiger partial charge in [0.25, 0.3) is 0 Å². The molecule has 0 saturated heterocycles. The van der Waals surface area contributed by atoms with Crippen molar-refractivity contribution in [1.29, 1.82) is 0 Å². The summed E-state index contributed by atoms with van der Waals surface area (Å²) in [4.78, 5) is 12.4. The first-order valence-corrected chi connectivity index (χ1v) is 7.52. The van der Waals surface area contributed by atoms with Gasteiger partial charge >= 0.3 is 0 Å². The van der Waals surface area contributed by atoms with Crippen LogP contribution in [-0.2, 0) is 16.0 Å². The average molecular weight is 314 g/mol. The Morgan fingerprint density at radius 3 is 2.65 bits per heavy atom. The first-order chi connectivity index (χ1) is 11.1. The zero-order valence-corrected chi connectivity index (χ0v) is 12.8. The van der Waals surface area contributed by atoms with E-state index in [2.05, 4.69) is 5.32 Å². The number of hydrogen-bond acceptors (Lipinski definition) is 3. The molecule has 0 unspecified atom stereocenters. The minimum absolute atomic E-state index is 0.156. The first-order valence-electron chi connectivity index (χ1n) is 7.52. The van der Waals surface area contributed by atoms with Gasteiger partial charge < -0.3 is 15.8 Å². The highest BCUT2D eigenvalue weighted by Crippen LogP contribution is 2.33. The number of methoxy groups -OCH3 is 1. The van der Waals surface area contributed by atoms with Crippen molar-refractivity contribution in [1.82, 2.24) is 5.32 Å². The van der Waals surface area contributed by atoms with E-state index in [1.165, 1.54) is 29.8 Å².